The van der Waals surface area contributed by atoms with Crippen LogP contribution in [0, 0.1) is 0 Å². The highest BCUT2D eigenvalue weighted by molar-refractivity contribution is 6.37. The van der Waals surface area contributed by atoms with Gasteiger partial charge < -0.3 is 9.52 Å². The number of rotatable bonds is 5. The van der Waals surface area contributed by atoms with Crippen LogP contribution in [0.15, 0.2) is 143 Å². The molecule has 0 saturated heterocycles. The van der Waals surface area contributed by atoms with Crippen molar-refractivity contribution in [2.45, 2.75) is 6.92 Å². The Bertz CT molecular complexity index is 1940. The quantitative estimate of drug-likeness (QED) is 0.222. The molecule has 8 nitrogen and oxygen atoms in total. The summed E-state index contributed by atoms with van der Waals surface area (Å²) in [6.07, 6.45) is 3.79. The lowest BCUT2D eigenvalue weighted by atomic mass is 10.00. The first-order valence-corrected chi connectivity index (χ1v) is 13.6. The molecule has 2 aromatic heterocycles. The minimum atomic E-state index is -0.833. The highest BCUT2D eigenvalue weighted by Crippen LogP contribution is 2.33. The fourth-order valence-corrected chi connectivity index (χ4v) is 4.75. The third-order valence-electron chi connectivity index (χ3n) is 6.65. The number of benzene rings is 4. The zero-order valence-corrected chi connectivity index (χ0v) is 23.2. The van der Waals surface area contributed by atoms with Gasteiger partial charge >= 0.3 is 0 Å². The van der Waals surface area contributed by atoms with Crippen molar-refractivity contribution in [2.24, 2.45) is 5.10 Å². The van der Waals surface area contributed by atoms with Crippen molar-refractivity contribution in [3.63, 3.8) is 0 Å². The molecule has 0 spiro atoms. The summed E-state index contributed by atoms with van der Waals surface area (Å²) in [4.78, 5) is 22.9. The van der Waals surface area contributed by atoms with Crippen LogP contribution in [0.25, 0.3) is 34.2 Å². The van der Waals surface area contributed by atoms with Gasteiger partial charge in [0.25, 0.3) is 11.9 Å². The Kier molecular flexibility index (Phi) is 7.48. The maximum absolute atomic E-state index is 13.9. The number of carbonyl (C=O) groups is 2. The molecule has 43 heavy (non-hydrogen) atoms. The van der Waals surface area contributed by atoms with E-state index in [1.54, 1.807) is 0 Å². The lowest BCUT2D eigenvalue weighted by molar-refractivity contribution is -0.134. The molecule has 6 aromatic rings. The van der Waals surface area contributed by atoms with Crippen molar-refractivity contribution < 1.29 is 19.1 Å². The van der Waals surface area contributed by atoms with E-state index < -0.39 is 5.97 Å². The van der Waals surface area contributed by atoms with Crippen molar-refractivity contribution in [3.8, 4) is 17.1 Å². The zero-order valence-electron chi connectivity index (χ0n) is 23.2. The normalized spacial score (nSPS) is 13.6. The van der Waals surface area contributed by atoms with E-state index in [1.807, 2.05) is 138 Å². The number of furan rings is 1. The average molecular weight is 567 g/mol. The second-order valence-corrected chi connectivity index (χ2v) is 9.71. The third kappa shape index (κ3) is 5.75. The third-order valence-corrected chi connectivity index (χ3v) is 6.65. The highest BCUT2D eigenvalue weighted by atomic mass is 16.4. The molecule has 1 aliphatic rings. The number of fused-ring (bicyclic) bond motifs is 1. The molecule has 0 atom stereocenters. The Morgan fingerprint density at radius 1 is 0.814 bits per heavy atom. The molecule has 0 radical (unpaired) electrons. The van der Waals surface area contributed by atoms with Gasteiger partial charge in [-0.1, -0.05) is 84.9 Å². The fourth-order valence-electron chi connectivity index (χ4n) is 4.75. The number of carbonyl (C=O) groups excluding carboxylic acids is 1. The molecule has 1 aliphatic heterocycles. The van der Waals surface area contributed by atoms with Crippen molar-refractivity contribution in [3.05, 3.63) is 144 Å². The molecule has 0 unspecified atom stereocenters. The van der Waals surface area contributed by atoms with Crippen molar-refractivity contribution in [2.75, 3.05) is 5.01 Å². The monoisotopic (exact) mass is 566 g/mol. The second kappa shape index (κ2) is 11.8. The van der Waals surface area contributed by atoms with Crippen LogP contribution in [-0.2, 0) is 9.59 Å². The first-order chi connectivity index (χ1) is 21.0. The largest absolute Gasteiger partial charge is 0.481 e. The van der Waals surface area contributed by atoms with Crippen LogP contribution in [0.5, 0.6) is 0 Å². The van der Waals surface area contributed by atoms with E-state index in [9.17, 15) is 4.79 Å². The molecule has 1 amide bonds. The predicted octanol–water partition coefficient (Wildman–Crippen LogP) is 7.21. The number of aromatic nitrogens is 2. The summed E-state index contributed by atoms with van der Waals surface area (Å²) in [6.45, 7) is 1.08. The number of hydrogen-bond donors (Lipinski definition) is 1. The second-order valence-electron chi connectivity index (χ2n) is 9.71. The number of carboxylic acids is 1. The number of hydrazone groups is 1. The summed E-state index contributed by atoms with van der Waals surface area (Å²) in [5.41, 5.74) is 5.72. The predicted molar refractivity (Wildman–Crippen MR) is 167 cm³/mol. The molecule has 7 rings (SSSR count). The van der Waals surface area contributed by atoms with Gasteiger partial charge in [0, 0.05) is 29.6 Å². The lowest BCUT2D eigenvalue weighted by Gasteiger charge is -2.10. The van der Waals surface area contributed by atoms with Crippen LogP contribution in [0.3, 0.4) is 0 Å². The van der Waals surface area contributed by atoms with Crippen molar-refractivity contribution in [1.29, 1.82) is 0 Å². The van der Waals surface area contributed by atoms with E-state index >= 15 is 0 Å². The first kappa shape index (κ1) is 27.2. The van der Waals surface area contributed by atoms with E-state index in [0.717, 1.165) is 34.7 Å². The van der Waals surface area contributed by atoms with Gasteiger partial charge in [-0.3, -0.25) is 9.59 Å². The smallest absolute Gasteiger partial charge is 0.300 e. The summed E-state index contributed by atoms with van der Waals surface area (Å²) in [5, 5.41) is 19.5. The molecular formula is C35H26N4O4. The molecule has 8 heteroatoms. The van der Waals surface area contributed by atoms with Crippen LogP contribution in [-0.4, -0.2) is 32.5 Å². The molecule has 0 bridgehead atoms. The van der Waals surface area contributed by atoms with Crippen LogP contribution in [0.2, 0.25) is 0 Å². The Morgan fingerprint density at radius 2 is 1.40 bits per heavy atom. The summed E-state index contributed by atoms with van der Waals surface area (Å²) in [6, 6.07) is 38.9. The van der Waals surface area contributed by atoms with Gasteiger partial charge in [-0.15, -0.1) is 0 Å². The average Bonchev–Trinajstić information content (AvgIpc) is 3.74. The molecule has 0 saturated carbocycles. The molecule has 4 aromatic carbocycles. The van der Waals surface area contributed by atoms with E-state index in [2.05, 4.69) is 0 Å². The number of aliphatic carboxylic acids is 1. The van der Waals surface area contributed by atoms with Crippen LogP contribution in [0.1, 0.15) is 18.1 Å². The Labute approximate surface area is 247 Å². The van der Waals surface area contributed by atoms with E-state index in [-0.39, 0.29) is 5.91 Å². The summed E-state index contributed by atoms with van der Waals surface area (Å²) >= 11 is 0. The molecule has 0 aliphatic carbocycles. The minimum Gasteiger partial charge on any atom is -0.481 e. The van der Waals surface area contributed by atoms with Gasteiger partial charge in [-0.2, -0.15) is 15.2 Å². The summed E-state index contributed by atoms with van der Waals surface area (Å²) in [5.74, 6) is -0.413. The van der Waals surface area contributed by atoms with Crippen LogP contribution < -0.4 is 5.01 Å². The molecule has 3 heterocycles. The lowest BCUT2D eigenvalue weighted by Crippen LogP contribution is -2.21. The molecule has 0 fully saturated rings. The highest BCUT2D eigenvalue weighted by Gasteiger charge is 2.32. The van der Waals surface area contributed by atoms with E-state index in [1.165, 1.54) is 5.01 Å². The fraction of sp³-hybridized carbons (Fsp3) is 0.0286. The van der Waals surface area contributed by atoms with Gasteiger partial charge in [0.2, 0.25) is 0 Å². The topological polar surface area (TPSA) is 101 Å². The Hall–Kier alpha value is -6.02. The maximum Gasteiger partial charge on any atom is 0.300 e. The van der Waals surface area contributed by atoms with Gasteiger partial charge in [-0.25, -0.2) is 4.68 Å². The Morgan fingerprint density at radius 3 is 2.05 bits per heavy atom. The number of hydrogen-bond acceptors (Lipinski definition) is 5. The van der Waals surface area contributed by atoms with Gasteiger partial charge in [0.05, 0.1) is 16.9 Å². The van der Waals surface area contributed by atoms with Gasteiger partial charge in [0.1, 0.15) is 17.0 Å². The summed E-state index contributed by atoms with van der Waals surface area (Å²) in [7, 11) is 0. The SMILES string of the molecule is CC(=O)O.O=C1C(=Cc2cn(-c3ccccc3)nc2-c2cc3ccccc3o2)C(c2ccccc2)=NN1c1ccccc1. The van der Waals surface area contributed by atoms with Crippen molar-refractivity contribution in [1.82, 2.24) is 9.78 Å². The van der Waals surface area contributed by atoms with Crippen LogP contribution >= 0.6 is 0 Å². The molecule has 210 valence electrons. The maximum atomic E-state index is 13.9. The van der Waals surface area contributed by atoms with Crippen LogP contribution in [0.4, 0.5) is 5.69 Å². The van der Waals surface area contributed by atoms with E-state index in [4.69, 9.17) is 24.5 Å². The zero-order chi connectivity index (χ0) is 29.8. The number of nitrogens with zero attached hydrogens (tertiary/aromatic N) is 4. The molecular weight excluding hydrogens is 540 g/mol. The van der Waals surface area contributed by atoms with Crippen molar-refractivity contribution >= 4 is 40.3 Å². The van der Waals surface area contributed by atoms with E-state index in [0.29, 0.717) is 28.4 Å². The number of amides is 1. The minimum absolute atomic E-state index is 0.205. The molecule has 1 N–H and O–H groups in total. The number of carboxylic acid groups (broad SMARTS) is 1. The number of anilines is 1. The van der Waals surface area contributed by atoms with Gasteiger partial charge in [0.15, 0.2) is 5.76 Å². The summed E-state index contributed by atoms with van der Waals surface area (Å²) < 4.78 is 8.01. The Balaban J connectivity index is 0.000000777. The van der Waals surface area contributed by atoms with Gasteiger partial charge in [-0.05, 0) is 42.5 Å². The first-order valence-electron chi connectivity index (χ1n) is 13.6. The number of para-hydroxylation sites is 3. The standard InChI is InChI=1S/C33H22N4O2.C2H4O2/c38-33-28(31(23-12-4-1-5-13-23)35-37(33)27-17-8-3-9-18-27)20-25-22-36(26-15-6-2-7-16-26)34-32(25)30-21-24-14-10-11-19-29(24)39-30;1-2(3)4/h1-22H;1H3,(H,3,4).